The van der Waals surface area contributed by atoms with Gasteiger partial charge in [0.1, 0.15) is 17.2 Å². The van der Waals surface area contributed by atoms with Gasteiger partial charge in [-0.2, -0.15) is 0 Å². The number of rotatable bonds is 7. The van der Waals surface area contributed by atoms with Crippen LogP contribution in [-0.2, 0) is 16.1 Å². The van der Waals surface area contributed by atoms with E-state index < -0.39 is 0 Å². The highest BCUT2D eigenvalue weighted by molar-refractivity contribution is 7.11. The fourth-order valence-corrected chi connectivity index (χ4v) is 3.90. The van der Waals surface area contributed by atoms with Crippen LogP contribution in [0.15, 0.2) is 36.0 Å². The molecule has 1 saturated heterocycles. The van der Waals surface area contributed by atoms with Crippen LogP contribution in [0, 0.1) is 5.92 Å². The topological polar surface area (TPSA) is 72.0 Å². The van der Waals surface area contributed by atoms with E-state index in [2.05, 4.69) is 18.8 Å². The van der Waals surface area contributed by atoms with Crippen molar-refractivity contribution in [3.8, 4) is 5.75 Å². The summed E-state index contributed by atoms with van der Waals surface area (Å²) in [6.07, 6.45) is 1.27. The van der Waals surface area contributed by atoms with Gasteiger partial charge in [0.2, 0.25) is 5.91 Å². The first-order valence-corrected chi connectivity index (χ1v) is 10.5. The van der Waals surface area contributed by atoms with Crippen molar-refractivity contribution in [2.24, 2.45) is 5.92 Å². The number of hydrogen-bond donors (Lipinski definition) is 0. The van der Waals surface area contributed by atoms with Crippen LogP contribution in [0.25, 0.3) is 0 Å². The molecule has 0 spiro atoms. The summed E-state index contributed by atoms with van der Waals surface area (Å²) in [7, 11) is 1.63. The molecule has 2 heterocycles. The van der Waals surface area contributed by atoms with Gasteiger partial charge >= 0.3 is 0 Å². The van der Waals surface area contributed by atoms with E-state index in [0.29, 0.717) is 37.0 Å². The molecule has 0 saturated carbocycles. The van der Waals surface area contributed by atoms with Gasteiger partial charge in [0.15, 0.2) is 0 Å². The molecule has 0 bridgehead atoms. The van der Waals surface area contributed by atoms with E-state index in [1.54, 1.807) is 28.6 Å². The SMILES string of the molecule is COc1cccc(CO[C@H]2CN(CC(C)C)C(=O)CN(C(=O)c3cncs3)C2)c1. The van der Waals surface area contributed by atoms with E-state index in [-0.39, 0.29) is 24.5 Å². The summed E-state index contributed by atoms with van der Waals surface area (Å²) < 4.78 is 11.4. The second-order valence-corrected chi connectivity index (χ2v) is 8.41. The summed E-state index contributed by atoms with van der Waals surface area (Å²) >= 11 is 1.28. The van der Waals surface area contributed by atoms with Crippen LogP contribution in [0.5, 0.6) is 5.75 Å². The van der Waals surface area contributed by atoms with E-state index in [4.69, 9.17) is 9.47 Å². The van der Waals surface area contributed by atoms with Crippen molar-refractivity contribution in [1.82, 2.24) is 14.8 Å². The molecule has 156 valence electrons. The van der Waals surface area contributed by atoms with Crippen LogP contribution in [0.4, 0.5) is 0 Å². The molecule has 1 atom stereocenters. The summed E-state index contributed by atoms with van der Waals surface area (Å²) in [6, 6.07) is 7.69. The van der Waals surface area contributed by atoms with Crippen LogP contribution >= 0.6 is 11.3 Å². The predicted molar refractivity (Wildman–Crippen MR) is 111 cm³/mol. The summed E-state index contributed by atoms with van der Waals surface area (Å²) in [5, 5.41) is 0. The van der Waals surface area contributed by atoms with Gasteiger partial charge in [-0.1, -0.05) is 26.0 Å². The Morgan fingerprint density at radius 1 is 1.34 bits per heavy atom. The highest BCUT2D eigenvalue weighted by Gasteiger charge is 2.32. The highest BCUT2D eigenvalue weighted by atomic mass is 32.1. The van der Waals surface area contributed by atoms with Gasteiger partial charge in [-0.25, -0.2) is 0 Å². The Kier molecular flexibility index (Phi) is 7.22. The first-order chi connectivity index (χ1) is 14.0. The van der Waals surface area contributed by atoms with Gasteiger partial charge in [0.05, 0.1) is 31.5 Å². The number of aromatic nitrogens is 1. The van der Waals surface area contributed by atoms with Crippen molar-refractivity contribution < 1.29 is 19.1 Å². The molecule has 0 aliphatic carbocycles. The van der Waals surface area contributed by atoms with E-state index in [1.165, 1.54) is 11.3 Å². The maximum Gasteiger partial charge on any atom is 0.266 e. The molecule has 1 fully saturated rings. The molecule has 1 aromatic carbocycles. The summed E-state index contributed by atoms with van der Waals surface area (Å²) in [5.74, 6) is 0.874. The molecule has 7 nitrogen and oxygen atoms in total. The number of nitrogens with zero attached hydrogens (tertiary/aromatic N) is 3. The number of thiazole rings is 1. The van der Waals surface area contributed by atoms with Gasteiger partial charge in [-0.05, 0) is 23.6 Å². The summed E-state index contributed by atoms with van der Waals surface area (Å²) in [5.41, 5.74) is 2.60. The van der Waals surface area contributed by atoms with Crippen LogP contribution in [-0.4, -0.2) is 66.0 Å². The summed E-state index contributed by atoms with van der Waals surface area (Å²) in [6.45, 7) is 6.06. The first-order valence-electron chi connectivity index (χ1n) is 9.66. The van der Waals surface area contributed by atoms with Gasteiger partial charge in [-0.15, -0.1) is 11.3 Å². The number of benzene rings is 1. The second kappa shape index (κ2) is 9.84. The Hall–Kier alpha value is -2.45. The molecule has 3 rings (SSSR count). The minimum atomic E-state index is -0.275. The van der Waals surface area contributed by atoms with E-state index in [9.17, 15) is 9.59 Å². The van der Waals surface area contributed by atoms with Crippen LogP contribution in [0.1, 0.15) is 29.1 Å². The smallest absolute Gasteiger partial charge is 0.266 e. The number of ether oxygens (including phenoxy) is 2. The van der Waals surface area contributed by atoms with E-state index >= 15 is 0 Å². The van der Waals surface area contributed by atoms with Crippen LogP contribution < -0.4 is 4.74 Å². The zero-order valence-electron chi connectivity index (χ0n) is 17.0. The Balaban J connectivity index is 1.74. The lowest BCUT2D eigenvalue weighted by atomic mass is 10.2. The normalized spacial score (nSPS) is 17.5. The van der Waals surface area contributed by atoms with Gasteiger partial charge in [0.25, 0.3) is 5.91 Å². The van der Waals surface area contributed by atoms with Crippen molar-refractivity contribution in [2.75, 3.05) is 33.3 Å². The van der Waals surface area contributed by atoms with Crippen molar-refractivity contribution in [3.05, 3.63) is 46.4 Å². The average molecular weight is 418 g/mol. The number of hydrogen-bond acceptors (Lipinski definition) is 6. The summed E-state index contributed by atoms with van der Waals surface area (Å²) in [4.78, 5) is 33.5. The van der Waals surface area contributed by atoms with Crippen molar-refractivity contribution in [2.45, 2.75) is 26.6 Å². The quantitative estimate of drug-likeness (QED) is 0.693. The molecular weight excluding hydrogens is 390 g/mol. The van der Waals surface area contributed by atoms with E-state index in [0.717, 1.165) is 11.3 Å². The largest absolute Gasteiger partial charge is 0.497 e. The highest BCUT2D eigenvalue weighted by Crippen LogP contribution is 2.18. The Morgan fingerprint density at radius 3 is 2.86 bits per heavy atom. The van der Waals surface area contributed by atoms with Crippen LogP contribution in [0.3, 0.4) is 0 Å². The fourth-order valence-electron chi connectivity index (χ4n) is 3.31. The Bertz CT molecular complexity index is 825. The third kappa shape index (κ3) is 5.77. The molecule has 1 aromatic heterocycles. The standard InChI is InChI=1S/C21H27N3O4S/c1-15(2)9-23-10-18(28-13-16-5-4-6-17(7-16)27-3)11-24(12-20(23)25)21(26)19-8-22-14-29-19/h4-8,14-15,18H,9-13H2,1-3H3/t18-/m0/s1. The molecule has 2 aromatic rings. The first kappa shape index (κ1) is 21.3. The Morgan fingerprint density at radius 2 is 2.17 bits per heavy atom. The van der Waals surface area contributed by atoms with Gasteiger partial charge in [-0.3, -0.25) is 14.6 Å². The molecule has 0 unspecified atom stereocenters. The maximum absolute atomic E-state index is 12.8. The maximum atomic E-state index is 12.8. The second-order valence-electron chi connectivity index (χ2n) is 7.53. The average Bonchev–Trinajstić information content (AvgIpc) is 3.19. The van der Waals surface area contributed by atoms with E-state index in [1.807, 2.05) is 24.3 Å². The monoisotopic (exact) mass is 417 g/mol. The zero-order valence-corrected chi connectivity index (χ0v) is 17.9. The molecule has 1 aliphatic heterocycles. The molecule has 0 radical (unpaired) electrons. The lowest BCUT2D eigenvalue weighted by Gasteiger charge is -2.26. The molecule has 1 aliphatic rings. The molecular formula is C21H27N3O4S. The van der Waals surface area contributed by atoms with Gasteiger partial charge in [0, 0.05) is 19.6 Å². The van der Waals surface area contributed by atoms with Crippen molar-refractivity contribution >= 4 is 23.2 Å². The van der Waals surface area contributed by atoms with Crippen LogP contribution in [0.2, 0.25) is 0 Å². The van der Waals surface area contributed by atoms with Crippen molar-refractivity contribution in [1.29, 1.82) is 0 Å². The lowest BCUT2D eigenvalue weighted by Crippen LogP contribution is -2.40. The van der Waals surface area contributed by atoms with Gasteiger partial charge < -0.3 is 19.3 Å². The molecule has 0 N–H and O–H groups in total. The number of methoxy groups -OCH3 is 1. The lowest BCUT2D eigenvalue weighted by molar-refractivity contribution is -0.132. The number of carbonyl (C=O) groups is 2. The zero-order chi connectivity index (χ0) is 20.8. The number of amides is 2. The minimum Gasteiger partial charge on any atom is -0.497 e. The molecule has 8 heteroatoms. The molecule has 2 amide bonds. The predicted octanol–water partition coefficient (Wildman–Crippen LogP) is 2.68. The van der Waals surface area contributed by atoms with Crippen molar-refractivity contribution in [3.63, 3.8) is 0 Å². The number of carbonyl (C=O) groups excluding carboxylic acids is 2. The third-order valence-electron chi connectivity index (χ3n) is 4.66. The molecule has 29 heavy (non-hydrogen) atoms. The minimum absolute atomic E-state index is 0.0518. The third-order valence-corrected chi connectivity index (χ3v) is 5.42. The fraction of sp³-hybridized carbons (Fsp3) is 0.476. The Labute approximate surface area is 175 Å².